The highest BCUT2D eigenvalue weighted by atomic mass is 35.5. The molecule has 0 bridgehead atoms. The molecule has 0 fully saturated rings. The summed E-state index contributed by atoms with van der Waals surface area (Å²) >= 11 is 5.88. The number of aromatic nitrogens is 2. The first-order valence-corrected chi connectivity index (χ1v) is 6.39. The van der Waals surface area contributed by atoms with Gasteiger partial charge in [0.15, 0.2) is 0 Å². The number of aromatic amines is 1. The Morgan fingerprint density at radius 1 is 1.37 bits per heavy atom. The van der Waals surface area contributed by atoms with Crippen LogP contribution in [0.2, 0.25) is 5.02 Å². The van der Waals surface area contributed by atoms with E-state index in [2.05, 4.69) is 29.1 Å². The van der Waals surface area contributed by atoms with Gasteiger partial charge in [-0.3, -0.25) is 4.79 Å². The van der Waals surface area contributed by atoms with Crippen LogP contribution < -0.4 is 5.32 Å². The molecule has 0 spiro atoms. The molecule has 2 rings (SSSR count). The molecular weight excluding hydrogens is 262 g/mol. The number of rotatable bonds is 4. The predicted molar refractivity (Wildman–Crippen MR) is 75.4 cm³/mol. The average molecular weight is 278 g/mol. The van der Waals surface area contributed by atoms with Crippen LogP contribution in [-0.2, 0) is 5.41 Å². The van der Waals surface area contributed by atoms with E-state index in [1.807, 2.05) is 24.3 Å². The van der Waals surface area contributed by atoms with E-state index >= 15 is 0 Å². The molecule has 0 aliphatic heterocycles. The Hall–Kier alpha value is -1.81. The minimum atomic E-state index is -0.166. The number of benzene rings is 1. The van der Waals surface area contributed by atoms with Crippen molar-refractivity contribution in [3.8, 4) is 0 Å². The number of carbonyl (C=O) groups is 1. The largest absolute Gasteiger partial charge is 0.350 e. The quantitative estimate of drug-likeness (QED) is 0.903. The van der Waals surface area contributed by atoms with Gasteiger partial charge in [-0.15, -0.1) is 0 Å². The Balaban J connectivity index is 2.01. The Morgan fingerprint density at radius 3 is 2.63 bits per heavy atom. The van der Waals surface area contributed by atoms with Crippen molar-refractivity contribution < 1.29 is 4.79 Å². The highest BCUT2D eigenvalue weighted by molar-refractivity contribution is 6.30. The number of hydrogen-bond acceptors (Lipinski definition) is 2. The maximum Gasteiger partial charge on any atom is 0.269 e. The molecule has 1 aromatic heterocycles. The van der Waals surface area contributed by atoms with Crippen LogP contribution in [-0.4, -0.2) is 22.4 Å². The first kappa shape index (κ1) is 13.6. The van der Waals surface area contributed by atoms with Crippen molar-refractivity contribution in [3.05, 3.63) is 53.1 Å². The molecule has 2 N–H and O–H groups in total. The molecule has 2 aromatic rings. The summed E-state index contributed by atoms with van der Waals surface area (Å²) in [6, 6.07) is 7.67. The van der Waals surface area contributed by atoms with Crippen LogP contribution in [0.3, 0.4) is 0 Å². The van der Waals surface area contributed by atoms with E-state index in [9.17, 15) is 4.79 Å². The number of amides is 1. The molecule has 19 heavy (non-hydrogen) atoms. The van der Waals surface area contributed by atoms with Crippen LogP contribution in [0.25, 0.3) is 0 Å². The van der Waals surface area contributed by atoms with E-state index in [0.29, 0.717) is 17.3 Å². The van der Waals surface area contributed by atoms with E-state index in [1.165, 1.54) is 12.5 Å². The van der Waals surface area contributed by atoms with E-state index < -0.39 is 0 Å². The Morgan fingerprint density at radius 2 is 2.05 bits per heavy atom. The van der Waals surface area contributed by atoms with Gasteiger partial charge in [0.25, 0.3) is 5.91 Å². The van der Waals surface area contributed by atoms with Gasteiger partial charge in [0, 0.05) is 17.0 Å². The predicted octanol–water partition coefficient (Wildman–Crippen LogP) is 2.77. The van der Waals surface area contributed by atoms with Crippen molar-refractivity contribution in [2.45, 2.75) is 19.3 Å². The molecule has 1 aromatic carbocycles. The topological polar surface area (TPSA) is 57.8 Å². The standard InChI is InChI=1S/C14H16ClN3O/c1-14(2,10-3-5-11(15)6-4-10)8-17-13(19)12-7-16-9-18-12/h3-7,9H,8H2,1-2H3,(H,16,18)(H,17,19). The van der Waals surface area contributed by atoms with Gasteiger partial charge < -0.3 is 10.3 Å². The molecule has 4 nitrogen and oxygen atoms in total. The van der Waals surface area contributed by atoms with Crippen LogP contribution >= 0.6 is 11.6 Å². The number of carbonyl (C=O) groups excluding carboxylic acids is 1. The highest BCUT2D eigenvalue weighted by Crippen LogP contribution is 2.23. The molecule has 0 saturated carbocycles. The first-order valence-electron chi connectivity index (χ1n) is 6.02. The second-order valence-corrected chi connectivity index (χ2v) is 5.48. The van der Waals surface area contributed by atoms with E-state index in [0.717, 1.165) is 5.56 Å². The minimum absolute atomic E-state index is 0.153. The molecule has 0 aliphatic rings. The molecule has 0 atom stereocenters. The van der Waals surface area contributed by atoms with Gasteiger partial charge >= 0.3 is 0 Å². The average Bonchev–Trinajstić information content (AvgIpc) is 2.90. The molecule has 0 radical (unpaired) electrons. The second-order valence-electron chi connectivity index (χ2n) is 5.04. The van der Waals surface area contributed by atoms with Gasteiger partial charge in [-0.2, -0.15) is 0 Å². The van der Waals surface area contributed by atoms with E-state index in [-0.39, 0.29) is 11.3 Å². The van der Waals surface area contributed by atoms with E-state index in [4.69, 9.17) is 11.6 Å². The molecule has 100 valence electrons. The third-order valence-electron chi connectivity index (χ3n) is 3.06. The fourth-order valence-corrected chi connectivity index (χ4v) is 1.91. The SMILES string of the molecule is CC(C)(CNC(=O)c1cnc[nH]1)c1ccc(Cl)cc1. The van der Waals surface area contributed by atoms with Crippen molar-refractivity contribution in [2.75, 3.05) is 6.54 Å². The molecule has 0 aliphatic carbocycles. The normalized spacial score (nSPS) is 11.3. The number of imidazole rings is 1. The fourth-order valence-electron chi connectivity index (χ4n) is 1.78. The lowest BCUT2D eigenvalue weighted by Crippen LogP contribution is -2.36. The molecule has 5 heteroatoms. The van der Waals surface area contributed by atoms with Gasteiger partial charge in [-0.1, -0.05) is 37.6 Å². The Labute approximate surface area is 117 Å². The fraction of sp³-hybridized carbons (Fsp3) is 0.286. The summed E-state index contributed by atoms with van der Waals surface area (Å²) in [5.41, 5.74) is 1.43. The number of nitrogens with one attached hydrogen (secondary N) is 2. The number of H-pyrrole nitrogens is 1. The lowest BCUT2D eigenvalue weighted by Gasteiger charge is -2.25. The monoisotopic (exact) mass is 277 g/mol. The van der Waals surface area contributed by atoms with Crippen LogP contribution in [0.1, 0.15) is 29.9 Å². The Bertz CT molecular complexity index is 547. The number of nitrogens with zero attached hydrogens (tertiary/aromatic N) is 1. The lowest BCUT2D eigenvalue weighted by molar-refractivity contribution is 0.0941. The first-order chi connectivity index (χ1) is 8.99. The van der Waals surface area contributed by atoms with Crippen molar-refractivity contribution in [1.82, 2.24) is 15.3 Å². The minimum Gasteiger partial charge on any atom is -0.350 e. The van der Waals surface area contributed by atoms with Gasteiger partial charge in [-0.25, -0.2) is 4.98 Å². The summed E-state index contributed by atoms with van der Waals surface area (Å²) < 4.78 is 0. The van der Waals surface area contributed by atoms with Gasteiger partial charge in [0.1, 0.15) is 5.69 Å². The number of hydrogen-bond donors (Lipinski definition) is 2. The van der Waals surface area contributed by atoms with Crippen molar-refractivity contribution >= 4 is 17.5 Å². The summed E-state index contributed by atoms with van der Waals surface area (Å²) in [5, 5.41) is 3.60. The summed E-state index contributed by atoms with van der Waals surface area (Å²) in [7, 11) is 0. The highest BCUT2D eigenvalue weighted by Gasteiger charge is 2.21. The maximum absolute atomic E-state index is 11.8. The van der Waals surface area contributed by atoms with Crippen LogP contribution in [0.15, 0.2) is 36.8 Å². The third-order valence-corrected chi connectivity index (χ3v) is 3.31. The van der Waals surface area contributed by atoms with Gasteiger partial charge in [0.2, 0.25) is 0 Å². The maximum atomic E-state index is 11.8. The van der Waals surface area contributed by atoms with Crippen LogP contribution in [0, 0.1) is 0 Å². The summed E-state index contributed by atoms with van der Waals surface area (Å²) in [6.07, 6.45) is 2.99. The van der Waals surface area contributed by atoms with Crippen molar-refractivity contribution in [3.63, 3.8) is 0 Å². The van der Waals surface area contributed by atoms with Crippen molar-refractivity contribution in [1.29, 1.82) is 0 Å². The van der Waals surface area contributed by atoms with Gasteiger partial charge in [0.05, 0.1) is 12.5 Å². The zero-order valence-corrected chi connectivity index (χ0v) is 11.7. The van der Waals surface area contributed by atoms with Gasteiger partial charge in [-0.05, 0) is 17.7 Å². The summed E-state index contributed by atoms with van der Waals surface area (Å²) in [4.78, 5) is 18.4. The molecule has 0 saturated heterocycles. The third kappa shape index (κ3) is 3.35. The second kappa shape index (κ2) is 5.45. The summed E-state index contributed by atoms with van der Waals surface area (Å²) in [6.45, 7) is 4.68. The number of halogens is 1. The van der Waals surface area contributed by atoms with E-state index in [1.54, 1.807) is 0 Å². The molecule has 1 amide bonds. The van der Waals surface area contributed by atoms with Crippen molar-refractivity contribution in [2.24, 2.45) is 0 Å². The Kier molecular flexibility index (Phi) is 3.90. The summed E-state index contributed by atoms with van der Waals surface area (Å²) in [5.74, 6) is -0.153. The molecule has 0 unspecified atom stereocenters. The molecule has 1 heterocycles. The lowest BCUT2D eigenvalue weighted by atomic mass is 9.84. The molecular formula is C14H16ClN3O. The smallest absolute Gasteiger partial charge is 0.269 e. The van der Waals surface area contributed by atoms with Crippen LogP contribution in [0.5, 0.6) is 0 Å². The zero-order valence-electron chi connectivity index (χ0n) is 10.9. The zero-order chi connectivity index (χ0) is 13.9. The van der Waals surface area contributed by atoms with Crippen LogP contribution in [0.4, 0.5) is 0 Å².